The molecule has 22 heavy (non-hydrogen) atoms. The van der Waals surface area contributed by atoms with Crippen LogP contribution < -0.4 is 0 Å². The van der Waals surface area contributed by atoms with E-state index in [-0.39, 0.29) is 11.5 Å². The second kappa shape index (κ2) is 6.23. The standard InChI is InChI=1S/C16H16ClN3O2/c17-8-4-3-5-12-15(9-11(21)10-16(12)22)20-18-13-6-1-2-7-14(13)19-20/h1-2,6-7,9-10,21-22H,3-5,8H2. The van der Waals surface area contributed by atoms with Crippen LogP contribution in [0.5, 0.6) is 11.5 Å². The summed E-state index contributed by atoms with van der Waals surface area (Å²) in [5, 5.41) is 28.7. The molecule has 0 radical (unpaired) electrons. The summed E-state index contributed by atoms with van der Waals surface area (Å²) in [6.45, 7) is 0. The molecule has 0 saturated heterocycles. The molecular weight excluding hydrogens is 302 g/mol. The van der Waals surface area contributed by atoms with E-state index in [9.17, 15) is 10.2 Å². The molecule has 0 aliphatic heterocycles. The molecule has 1 aromatic heterocycles. The average molecular weight is 318 g/mol. The number of benzene rings is 2. The number of rotatable bonds is 5. The van der Waals surface area contributed by atoms with Crippen LogP contribution in [0.2, 0.25) is 0 Å². The van der Waals surface area contributed by atoms with Crippen LogP contribution >= 0.6 is 11.6 Å². The molecule has 0 saturated carbocycles. The van der Waals surface area contributed by atoms with Gasteiger partial charge in [-0.3, -0.25) is 0 Å². The molecule has 0 fully saturated rings. The van der Waals surface area contributed by atoms with Crippen molar-refractivity contribution in [2.24, 2.45) is 0 Å². The van der Waals surface area contributed by atoms with Crippen LogP contribution in [0.1, 0.15) is 18.4 Å². The molecule has 0 aliphatic rings. The fourth-order valence-electron chi connectivity index (χ4n) is 2.43. The lowest BCUT2D eigenvalue weighted by molar-refractivity contribution is 0.443. The van der Waals surface area contributed by atoms with Crippen LogP contribution in [0.4, 0.5) is 0 Å². The fraction of sp³-hybridized carbons (Fsp3) is 0.250. The van der Waals surface area contributed by atoms with Gasteiger partial charge in [-0.25, -0.2) is 0 Å². The summed E-state index contributed by atoms with van der Waals surface area (Å²) >= 11 is 5.71. The Morgan fingerprint density at radius 3 is 2.32 bits per heavy atom. The van der Waals surface area contributed by atoms with Crippen molar-refractivity contribution in [3.8, 4) is 17.2 Å². The van der Waals surface area contributed by atoms with Crippen LogP contribution in [-0.4, -0.2) is 31.1 Å². The van der Waals surface area contributed by atoms with E-state index in [0.717, 1.165) is 23.9 Å². The Morgan fingerprint density at radius 2 is 1.68 bits per heavy atom. The number of hydrogen-bond acceptors (Lipinski definition) is 4. The second-order valence-corrected chi connectivity index (χ2v) is 5.46. The van der Waals surface area contributed by atoms with Gasteiger partial charge in [0.2, 0.25) is 0 Å². The smallest absolute Gasteiger partial charge is 0.124 e. The zero-order valence-corrected chi connectivity index (χ0v) is 12.7. The third-order valence-electron chi connectivity index (χ3n) is 3.50. The van der Waals surface area contributed by atoms with Crippen molar-refractivity contribution in [3.63, 3.8) is 0 Å². The molecule has 3 rings (SSSR count). The summed E-state index contributed by atoms with van der Waals surface area (Å²) in [6, 6.07) is 10.4. The summed E-state index contributed by atoms with van der Waals surface area (Å²) in [5.41, 5.74) is 2.82. The molecule has 3 aromatic rings. The first-order valence-electron chi connectivity index (χ1n) is 7.12. The summed E-state index contributed by atoms with van der Waals surface area (Å²) in [6.07, 6.45) is 2.34. The van der Waals surface area contributed by atoms with Gasteiger partial charge in [0.05, 0.1) is 5.69 Å². The topological polar surface area (TPSA) is 71.2 Å². The first-order valence-corrected chi connectivity index (χ1v) is 7.66. The summed E-state index contributed by atoms with van der Waals surface area (Å²) in [5.74, 6) is 0.610. The van der Waals surface area contributed by atoms with E-state index in [1.54, 1.807) is 6.07 Å². The van der Waals surface area contributed by atoms with Crippen LogP contribution in [0.3, 0.4) is 0 Å². The van der Waals surface area contributed by atoms with Gasteiger partial charge in [0.15, 0.2) is 0 Å². The lowest BCUT2D eigenvalue weighted by Gasteiger charge is -2.11. The van der Waals surface area contributed by atoms with Crippen molar-refractivity contribution in [1.29, 1.82) is 0 Å². The number of aromatic nitrogens is 3. The molecule has 2 N–H and O–H groups in total. The van der Waals surface area contributed by atoms with Gasteiger partial charge in [0.1, 0.15) is 22.5 Å². The van der Waals surface area contributed by atoms with Gasteiger partial charge in [-0.05, 0) is 31.4 Å². The molecule has 0 bridgehead atoms. The number of alkyl halides is 1. The molecule has 1 heterocycles. The number of aromatic hydroxyl groups is 2. The van der Waals surface area contributed by atoms with Gasteiger partial charge in [-0.15, -0.1) is 26.6 Å². The minimum absolute atomic E-state index is 0.0186. The Kier molecular flexibility index (Phi) is 4.15. The van der Waals surface area contributed by atoms with Crippen LogP contribution in [0.15, 0.2) is 36.4 Å². The Hall–Kier alpha value is -2.27. The predicted octanol–water partition coefficient (Wildman–Crippen LogP) is 3.39. The highest BCUT2D eigenvalue weighted by atomic mass is 35.5. The molecule has 0 atom stereocenters. The number of unbranched alkanes of at least 4 members (excludes halogenated alkanes) is 1. The van der Waals surface area contributed by atoms with Crippen molar-refractivity contribution in [1.82, 2.24) is 15.0 Å². The van der Waals surface area contributed by atoms with Gasteiger partial charge in [-0.1, -0.05) is 12.1 Å². The number of fused-ring (bicyclic) bond motifs is 1. The number of hydrogen-bond donors (Lipinski definition) is 2. The average Bonchev–Trinajstić information content (AvgIpc) is 2.93. The highest BCUT2D eigenvalue weighted by Gasteiger charge is 2.14. The van der Waals surface area contributed by atoms with Gasteiger partial charge in [-0.2, -0.15) is 0 Å². The van der Waals surface area contributed by atoms with E-state index in [4.69, 9.17) is 11.6 Å². The molecule has 5 nitrogen and oxygen atoms in total. The van der Waals surface area contributed by atoms with Crippen LogP contribution in [-0.2, 0) is 6.42 Å². The van der Waals surface area contributed by atoms with E-state index in [1.807, 2.05) is 24.3 Å². The summed E-state index contributed by atoms with van der Waals surface area (Å²) in [7, 11) is 0. The quantitative estimate of drug-likeness (QED) is 0.559. The van der Waals surface area contributed by atoms with E-state index in [0.29, 0.717) is 23.6 Å². The molecule has 0 aliphatic carbocycles. The highest BCUT2D eigenvalue weighted by molar-refractivity contribution is 6.17. The normalized spacial score (nSPS) is 11.1. The molecule has 0 amide bonds. The third-order valence-corrected chi connectivity index (χ3v) is 3.77. The largest absolute Gasteiger partial charge is 0.508 e. The molecule has 6 heteroatoms. The predicted molar refractivity (Wildman–Crippen MR) is 85.9 cm³/mol. The van der Waals surface area contributed by atoms with E-state index in [2.05, 4.69) is 10.2 Å². The maximum Gasteiger partial charge on any atom is 0.124 e. The minimum atomic E-state index is -0.0186. The fourth-order valence-corrected chi connectivity index (χ4v) is 2.61. The number of phenols is 2. The second-order valence-electron chi connectivity index (χ2n) is 5.09. The maximum absolute atomic E-state index is 10.1. The SMILES string of the molecule is Oc1cc(O)c(CCCCCl)c(-n2nc3ccccc3n2)c1. The van der Waals surface area contributed by atoms with Crippen molar-refractivity contribution < 1.29 is 10.2 Å². The molecule has 0 spiro atoms. The Balaban J connectivity index is 2.07. The van der Waals surface area contributed by atoms with Crippen molar-refractivity contribution >= 4 is 22.6 Å². The molecule has 0 unspecified atom stereocenters. The lowest BCUT2D eigenvalue weighted by atomic mass is 10.0. The van der Waals surface area contributed by atoms with E-state index >= 15 is 0 Å². The molecule has 114 valence electrons. The van der Waals surface area contributed by atoms with E-state index in [1.165, 1.54) is 10.9 Å². The zero-order chi connectivity index (χ0) is 15.5. The van der Waals surface area contributed by atoms with Gasteiger partial charge in [0, 0.05) is 23.6 Å². The first kappa shape index (κ1) is 14.7. The van der Waals surface area contributed by atoms with Gasteiger partial charge in [0.25, 0.3) is 0 Å². The van der Waals surface area contributed by atoms with Crippen molar-refractivity contribution in [2.75, 3.05) is 5.88 Å². The van der Waals surface area contributed by atoms with E-state index < -0.39 is 0 Å². The first-order chi connectivity index (χ1) is 10.7. The van der Waals surface area contributed by atoms with Crippen molar-refractivity contribution in [3.05, 3.63) is 42.0 Å². The zero-order valence-electron chi connectivity index (χ0n) is 11.9. The third kappa shape index (κ3) is 2.85. The highest BCUT2D eigenvalue weighted by Crippen LogP contribution is 2.31. The molecule has 2 aromatic carbocycles. The minimum Gasteiger partial charge on any atom is -0.508 e. The van der Waals surface area contributed by atoms with Gasteiger partial charge < -0.3 is 10.2 Å². The van der Waals surface area contributed by atoms with Gasteiger partial charge >= 0.3 is 0 Å². The summed E-state index contributed by atoms with van der Waals surface area (Å²) < 4.78 is 0. The maximum atomic E-state index is 10.1. The Bertz CT molecular complexity index is 768. The van der Waals surface area contributed by atoms with Crippen LogP contribution in [0.25, 0.3) is 16.7 Å². The monoisotopic (exact) mass is 317 g/mol. The molecular formula is C16H16ClN3O2. The van der Waals surface area contributed by atoms with Crippen LogP contribution in [0, 0.1) is 0 Å². The number of halogens is 1. The Morgan fingerprint density at radius 1 is 1.00 bits per heavy atom. The number of phenolic OH excluding ortho intramolecular Hbond substituents is 2. The van der Waals surface area contributed by atoms with Crippen molar-refractivity contribution in [2.45, 2.75) is 19.3 Å². The lowest BCUT2D eigenvalue weighted by Crippen LogP contribution is -2.04. The number of nitrogens with zero attached hydrogens (tertiary/aromatic N) is 3. The summed E-state index contributed by atoms with van der Waals surface area (Å²) in [4.78, 5) is 1.46. The Labute approximate surface area is 132 Å².